The molecule has 1 atom stereocenters. The monoisotopic (exact) mass is 413 g/mol. The molecule has 160 valence electrons. The van der Waals surface area contributed by atoms with Crippen molar-refractivity contribution < 1.29 is 4.79 Å². The summed E-state index contributed by atoms with van der Waals surface area (Å²) >= 11 is 0. The number of allylic oxidation sites excluding steroid dienone is 7. The minimum atomic E-state index is -0.513. The molecule has 2 heterocycles. The molecule has 0 fully saturated rings. The van der Waals surface area contributed by atoms with Gasteiger partial charge in [0.1, 0.15) is 5.69 Å². The fraction of sp³-hybridized carbons (Fsp3) is 0.296. The van der Waals surface area contributed by atoms with Crippen LogP contribution in [-0.2, 0) is 6.42 Å². The van der Waals surface area contributed by atoms with Gasteiger partial charge in [0.05, 0.1) is 16.8 Å². The number of nitrogens with zero attached hydrogens (tertiary/aromatic N) is 2. The minimum absolute atomic E-state index is 0.387. The molecule has 0 aromatic carbocycles. The van der Waals surface area contributed by atoms with Gasteiger partial charge in [0.25, 0.3) is 0 Å². The summed E-state index contributed by atoms with van der Waals surface area (Å²) in [6, 6.07) is 1.83. The maximum atomic E-state index is 11.5. The Morgan fingerprint density at radius 3 is 2.81 bits per heavy atom. The summed E-state index contributed by atoms with van der Waals surface area (Å²) in [5.74, 6) is 6.67. The topological polar surface area (TPSA) is 54.4 Å². The zero-order valence-corrected chi connectivity index (χ0v) is 18.9. The maximum absolute atomic E-state index is 11.5. The average Bonchev–Trinajstić information content (AvgIpc) is 2.77. The van der Waals surface area contributed by atoms with Crippen LogP contribution in [0.4, 0.5) is 5.69 Å². The number of nitrogens with one attached hydrogen (secondary N) is 1. The van der Waals surface area contributed by atoms with Crippen molar-refractivity contribution in [1.29, 1.82) is 0 Å². The molecular weight excluding hydrogens is 382 g/mol. The summed E-state index contributed by atoms with van der Waals surface area (Å²) in [6.07, 6.45) is 17.7. The first-order valence-corrected chi connectivity index (χ1v) is 10.5. The van der Waals surface area contributed by atoms with Crippen molar-refractivity contribution in [2.24, 2.45) is 10.4 Å². The van der Waals surface area contributed by atoms with Crippen LogP contribution in [0.2, 0.25) is 0 Å². The van der Waals surface area contributed by atoms with E-state index in [2.05, 4.69) is 47.8 Å². The molecule has 2 rings (SSSR count). The Balaban J connectivity index is 2.58. The van der Waals surface area contributed by atoms with Crippen LogP contribution in [0.25, 0.3) is 0 Å². The van der Waals surface area contributed by atoms with Gasteiger partial charge in [-0.2, -0.15) is 0 Å². The van der Waals surface area contributed by atoms with Crippen LogP contribution in [-0.4, -0.2) is 30.6 Å². The van der Waals surface area contributed by atoms with Gasteiger partial charge in [-0.05, 0) is 51.5 Å². The molecule has 1 unspecified atom stereocenters. The van der Waals surface area contributed by atoms with Crippen LogP contribution in [0.3, 0.4) is 0 Å². The van der Waals surface area contributed by atoms with Crippen molar-refractivity contribution >= 4 is 17.7 Å². The Morgan fingerprint density at radius 1 is 1.32 bits per heavy atom. The van der Waals surface area contributed by atoms with Gasteiger partial charge >= 0.3 is 0 Å². The fourth-order valence-corrected chi connectivity index (χ4v) is 3.33. The average molecular weight is 414 g/mol. The second-order valence-electron chi connectivity index (χ2n) is 7.49. The van der Waals surface area contributed by atoms with E-state index in [9.17, 15) is 4.79 Å². The second kappa shape index (κ2) is 11.8. The Hall–Kier alpha value is -3.29. The third kappa shape index (κ3) is 6.34. The van der Waals surface area contributed by atoms with Gasteiger partial charge in [0, 0.05) is 24.7 Å². The van der Waals surface area contributed by atoms with Crippen molar-refractivity contribution in [2.45, 2.75) is 33.6 Å². The molecule has 1 aliphatic heterocycles. The Bertz CT molecular complexity index is 1030. The van der Waals surface area contributed by atoms with E-state index >= 15 is 0 Å². The van der Waals surface area contributed by atoms with Crippen molar-refractivity contribution in [1.82, 2.24) is 10.3 Å². The summed E-state index contributed by atoms with van der Waals surface area (Å²) in [5.41, 5.74) is 4.10. The smallest absolute Gasteiger partial charge is 0.168 e. The van der Waals surface area contributed by atoms with Crippen molar-refractivity contribution in [3.05, 3.63) is 83.8 Å². The fourth-order valence-electron chi connectivity index (χ4n) is 3.33. The number of fused-ring (bicyclic) bond motifs is 1. The van der Waals surface area contributed by atoms with E-state index in [0.717, 1.165) is 40.9 Å². The summed E-state index contributed by atoms with van der Waals surface area (Å²) in [6.45, 7) is 11.2. The number of aldehydes is 1. The molecule has 1 aromatic heterocycles. The predicted octanol–water partition coefficient (Wildman–Crippen LogP) is 5.33. The lowest BCUT2D eigenvalue weighted by molar-refractivity contribution is 0.111. The number of pyridine rings is 1. The summed E-state index contributed by atoms with van der Waals surface area (Å²) in [7, 11) is 1.92. The highest BCUT2D eigenvalue weighted by molar-refractivity contribution is 6.09. The molecule has 0 saturated heterocycles. The number of hydrogen-bond donors (Lipinski definition) is 1. The van der Waals surface area contributed by atoms with Gasteiger partial charge in [0.15, 0.2) is 6.29 Å². The van der Waals surface area contributed by atoms with Gasteiger partial charge in [0.2, 0.25) is 0 Å². The summed E-state index contributed by atoms with van der Waals surface area (Å²) in [5, 5.41) is 3.16. The van der Waals surface area contributed by atoms with Crippen LogP contribution < -0.4 is 5.32 Å². The molecule has 1 N–H and O–H groups in total. The normalized spacial score (nSPS) is 19.0. The highest BCUT2D eigenvalue weighted by atomic mass is 16.1. The van der Waals surface area contributed by atoms with E-state index in [1.54, 1.807) is 6.20 Å². The number of aromatic nitrogens is 1. The van der Waals surface area contributed by atoms with E-state index in [0.29, 0.717) is 18.5 Å². The van der Waals surface area contributed by atoms with Crippen LogP contribution in [0.15, 0.2) is 77.5 Å². The summed E-state index contributed by atoms with van der Waals surface area (Å²) < 4.78 is 0. The molecule has 4 heteroatoms. The maximum Gasteiger partial charge on any atom is 0.168 e. The van der Waals surface area contributed by atoms with Crippen LogP contribution in [0.5, 0.6) is 0 Å². The number of likely N-dealkylation sites (N-methyl/N-ethyl adjacent to an activating group) is 1. The zero-order valence-electron chi connectivity index (χ0n) is 18.9. The molecule has 4 nitrogen and oxygen atoms in total. The van der Waals surface area contributed by atoms with Crippen LogP contribution >= 0.6 is 0 Å². The van der Waals surface area contributed by atoms with Crippen LogP contribution in [0, 0.1) is 17.3 Å². The summed E-state index contributed by atoms with van der Waals surface area (Å²) in [4.78, 5) is 20.6. The molecule has 0 amide bonds. The molecule has 0 spiro atoms. The molecule has 0 bridgehead atoms. The molecule has 1 aromatic rings. The van der Waals surface area contributed by atoms with Gasteiger partial charge in [-0.3, -0.25) is 14.8 Å². The molecule has 1 aliphatic rings. The van der Waals surface area contributed by atoms with Gasteiger partial charge < -0.3 is 5.32 Å². The predicted molar refractivity (Wildman–Crippen MR) is 131 cm³/mol. The third-order valence-corrected chi connectivity index (χ3v) is 5.08. The first-order valence-electron chi connectivity index (χ1n) is 10.5. The molecule has 0 radical (unpaired) electrons. The zero-order chi connectivity index (χ0) is 22.7. The van der Waals surface area contributed by atoms with E-state index in [1.807, 2.05) is 57.3 Å². The van der Waals surface area contributed by atoms with Crippen LogP contribution in [0.1, 0.15) is 43.2 Å². The van der Waals surface area contributed by atoms with E-state index in [-0.39, 0.29) is 0 Å². The SMILES string of the molecule is C=C(/C=C\C(=C/C)CNC)C1=Nc2ccnc(C=O)c2CC#CC1(C)C/C=C\C=C/C. The van der Waals surface area contributed by atoms with Crippen molar-refractivity contribution in [3.63, 3.8) is 0 Å². The lowest BCUT2D eigenvalue weighted by atomic mass is 9.78. The quantitative estimate of drug-likeness (QED) is 0.338. The molecule has 0 saturated carbocycles. The number of carbonyl (C=O) groups excluding carboxylic acids is 1. The highest BCUT2D eigenvalue weighted by Crippen LogP contribution is 2.33. The standard InChI is InChI=1S/C27H31N3O/c1-6-8-9-10-16-27(4)17-11-12-23-24(15-18-29-25(23)20-31)30-26(27)21(3)13-14-22(7-2)19-28-5/h6-10,13-15,18,20,28H,3,12,16,19H2,1-2,4-5H3/b8-6-,10-9-,14-13-,22-7+,30-26?. The molecule has 0 aliphatic carbocycles. The lowest BCUT2D eigenvalue weighted by Gasteiger charge is -2.27. The van der Waals surface area contributed by atoms with Gasteiger partial charge in [-0.1, -0.05) is 61.0 Å². The van der Waals surface area contributed by atoms with E-state index < -0.39 is 5.41 Å². The first kappa shape index (κ1) is 24.0. The molecule has 31 heavy (non-hydrogen) atoms. The van der Waals surface area contributed by atoms with Gasteiger partial charge in [-0.15, -0.1) is 0 Å². The van der Waals surface area contributed by atoms with Crippen molar-refractivity contribution in [3.8, 4) is 11.8 Å². The van der Waals surface area contributed by atoms with E-state index in [1.165, 1.54) is 0 Å². The lowest BCUT2D eigenvalue weighted by Crippen LogP contribution is -2.27. The minimum Gasteiger partial charge on any atom is -0.316 e. The van der Waals surface area contributed by atoms with Crippen molar-refractivity contribution in [2.75, 3.05) is 13.6 Å². The van der Waals surface area contributed by atoms with E-state index in [4.69, 9.17) is 4.99 Å². The number of carbonyl (C=O) groups is 1. The molecular formula is C27H31N3O. The Morgan fingerprint density at radius 2 is 2.13 bits per heavy atom. The van der Waals surface area contributed by atoms with Gasteiger partial charge in [-0.25, -0.2) is 0 Å². The number of aliphatic imine (C=N–C) groups is 1. The second-order valence-corrected chi connectivity index (χ2v) is 7.49. The Labute approximate surface area is 186 Å². The Kier molecular flexibility index (Phi) is 9.12. The first-order chi connectivity index (χ1) is 15.0. The largest absolute Gasteiger partial charge is 0.316 e. The highest BCUT2D eigenvalue weighted by Gasteiger charge is 2.30. The number of hydrogen-bond acceptors (Lipinski definition) is 4. The third-order valence-electron chi connectivity index (χ3n) is 5.08. The number of rotatable bonds is 9.